The van der Waals surface area contributed by atoms with Crippen molar-refractivity contribution in [2.45, 2.75) is 44.1 Å². The first kappa shape index (κ1) is 39.4. The Morgan fingerprint density at radius 3 is 2.39 bits per heavy atom. The standard InChI is InChI=1S/C40H34Cl2F3N7O5/c1-2-50(37(54)32-17-23(53)18-51(32)40(55)56-20-28-26-10-5-3-8-24(26)25-9-4-6-11-27(25)28)33-19-52(49-36(33)22-14-15-29(41)30(42)16-22)39(47-21-46)48-31-12-7-13-34(35(31)43)57-38(44)45/h3-16,23,28,32-33,38,53H,2,17-20H2,1H3,(H,47,48)/t23-,32-,33?/m1/s1. The minimum Gasteiger partial charge on any atom is -0.448 e. The molecule has 7 rings (SSSR count). The van der Waals surface area contributed by atoms with Crippen LogP contribution in [0.4, 0.5) is 23.7 Å². The van der Waals surface area contributed by atoms with Gasteiger partial charge >= 0.3 is 12.7 Å². The van der Waals surface area contributed by atoms with Crippen LogP contribution < -0.4 is 10.1 Å². The Labute approximate surface area is 335 Å². The summed E-state index contributed by atoms with van der Waals surface area (Å²) in [5, 5.41) is 29.1. The van der Waals surface area contributed by atoms with Gasteiger partial charge in [-0.25, -0.2) is 19.2 Å². The lowest BCUT2D eigenvalue weighted by Crippen LogP contribution is -2.54. The molecule has 2 amide bonds. The van der Waals surface area contributed by atoms with Crippen molar-refractivity contribution in [2.75, 3.05) is 26.2 Å². The van der Waals surface area contributed by atoms with Crippen LogP contribution in [0.25, 0.3) is 11.1 Å². The van der Waals surface area contributed by atoms with Crippen molar-refractivity contribution in [3.8, 4) is 23.1 Å². The number of hydrogen-bond acceptors (Lipinski definition) is 8. The number of likely N-dealkylation sites (N-methyl/N-ethyl adjacent to an activating group) is 1. The summed E-state index contributed by atoms with van der Waals surface area (Å²) in [5.74, 6) is -3.01. The van der Waals surface area contributed by atoms with Crippen molar-refractivity contribution in [3.63, 3.8) is 0 Å². The molecule has 0 aromatic heterocycles. The summed E-state index contributed by atoms with van der Waals surface area (Å²) in [7, 11) is 0. The number of nitriles is 1. The first-order valence-corrected chi connectivity index (χ1v) is 18.6. The number of β-amino-alcohol motifs (C(OH)–C–C–N with tert-alkyl or cyclic N) is 1. The number of amides is 2. The van der Waals surface area contributed by atoms with Crippen LogP contribution in [-0.4, -0.2) is 94.6 Å². The van der Waals surface area contributed by atoms with Gasteiger partial charge in [0.2, 0.25) is 11.9 Å². The van der Waals surface area contributed by atoms with Crippen LogP contribution >= 0.6 is 23.2 Å². The second-order valence-electron chi connectivity index (χ2n) is 13.3. The van der Waals surface area contributed by atoms with Crippen molar-refractivity contribution in [1.29, 1.82) is 5.26 Å². The first-order chi connectivity index (χ1) is 27.5. The molecule has 4 aromatic carbocycles. The summed E-state index contributed by atoms with van der Waals surface area (Å²) in [4.78, 5) is 35.3. The SMILES string of the molecule is CCN(C(=O)[C@H]1C[C@@H](O)CN1C(=O)OCC1c2ccccc2-c2ccccc21)C1CN(C(=Nc2cccc(OC(F)F)c2F)NC#N)N=C1c1ccc(Cl)c(Cl)c1. The number of alkyl halides is 2. The number of nitrogens with one attached hydrogen (secondary N) is 1. The number of carbonyl (C=O) groups is 2. The predicted molar refractivity (Wildman–Crippen MR) is 206 cm³/mol. The molecule has 2 aliphatic heterocycles. The van der Waals surface area contributed by atoms with Gasteiger partial charge in [0.05, 0.1) is 41.0 Å². The van der Waals surface area contributed by atoms with Gasteiger partial charge in [-0.2, -0.15) is 19.1 Å². The number of benzene rings is 4. The van der Waals surface area contributed by atoms with Gasteiger partial charge in [0, 0.05) is 24.4 Å². The first-order valence-electron chi connectivity index (χ1n) is 17.9. The monoisotopic (exact) mass is 819 g/mol. The number of nitrogens with zero attached hydrogens (tertiary/aromatic N) is 6. The number of carbonyl (C=O) groups excluding carboxylic acids is 2. The van der Waals surface area contributed by atoms with E-state index in [1.54, 1.807) is 25.2 Å². The number of aliphatic hydroxyl groups excluding tert-OH is 1. The number of fused-ring (bicyclic) bond motifs is 3. The van der Waals surface area contributed by atoms with Crippen LogP contribution in [0.15, 0.2) is 95.0 Å². The second-order valence-corrected chi connectivity index (χ2v) is 14.2. The number of hydrogen-bond donors (Lipinski definition) is 2. The third-order valence-electron chi connectivity index (χ3n) is 10.0. The highest BCUT2D eigenvalue weighted by molar-refractivity contribution is 6.42. The highest BCUT2D eigenvalue weighted by Crippen LogP contribution is 2.44. The van der Waals surface area contributed by atoms with Gasteiger partial charge < -0.3 is 19.5 Å². The summed E-state index contributed by atoms with van der Waals surface area (Å²) in [6.45, 7) is -1.75. The molecule has 1 fully saturated rings. The quantitative estimate of drug-likeness (QED) is 0.0788. The number of rotatable bonds is 9. The summed E-state index contributed by atoms with van der Waals surface area (Å²) in [6, 6.07) is 21.9. The molecule has 12 nitrogen and oxygen atoms in total. The van der Waals surface area contributed by atoms with Crippen LogP contribution in [0.2, 0.25) is 10.0 Å². The number of guanidine groups is 1. The molecule has 0 spiro atoms. The van der Waals surface area contributed by atoms with Gasteiger partial charge in [-0.3, -0.25) is 15.0 Å². The van der Waals surface area contributed by atoms with Crippen LogP contribution in [0.3, 0.4) is 0 Å². The highest BCUT2D eigenvalue weighted by Gasteiger charge is 2.45. The van der Waals surface area contributed by atoms with Gasteiger partial charge in [-0.1, -0.05) is 83.9 Å². The number of aliphatic imine (C=N–C) groups is 1. The maximum Gasteiger partial charge on any atom is 0.410 e. The van der Waals surface area contributed by atoms with Gasteiger partial charge in [0.1, 0.15) is 18.3 Å². The molecular formula is C40H34Cl2F3N7O5. The highest BCUT2D eigenvalue weighted by atomic mass is 35.5. The summed E-state index contributed by atoms with van der Waals surface area (Å²) < 4.78 is 51.2. The van der Waals surface area contributed by atoms with Crippen molar-refractivity contribution < 1.29 is 37.3 Å². The molecule has 294 valence electrons. The zero-order valence-electron chi connectivity index (χ0n) is 30.2. The number of likely N-dealkylation sites (tertiary alicyclic amines) is 1. The maximum atomic E-state index is 15.2. The Balaban J connectivity index is 1.16. The Hall–Kier alpha value is -5.82. The Bertz CT molecular complexity index is 2260. The molecule has 2 N–H and O–H groups in total. The zero-order chi connectivity index (χ0) is 40.4. The van der Waals surface area contributed by atoms with Crippen LogP contribution in [0.5, 0.6) is 5.75 Å². The zero-order valence-corrected chi connectivity index (χ0v) is 31.7. The van der Waals surface area contributed by atoms with E-state index in [1.807, 2.05) is 48.5 Å². The Kier molecular flexibility index (Phi) is 11.6. The van der Waals surface area contributed by atoms with E-state index in [1.165, 1.54) is 33.0 Å². The van der Waals surface area contributed by atoms with E-state index in [4.69, 9.17) is 27.9 Å². The van der Waals surface area contributed by atoms with E-state index >= 15 is 4.39 Å². The average Bonchev–Trinajstić information content (AvgIpc) is 3.90. The van der Waals surface area contributed by atoms with Crippen LogP contribution in [-0.2, 0) is 9.53 Å². The lowest BCUT2D eigenvalue weighted by molar-refractivity contribution is -0.136. The third-order valence-corrected chi connectivity index (χ3v) is 10.8. The van der Waals surface area contributed by atoms with Gasteiger partial charge in [-0.05, 0) is 53.4 Å². The fraction of sp³-hybridized carbons (Fsp3) is 0.275. The Morgan fingerprint density at radius 1 is 1.04 bits per heavy atom. The van der Waals surface area contributed by atoms with Crippen molar-refractivity contribution >= 4 is 52.6 Å². The molecule has 0 bridgehead atoms. The van der Waals surface area contributed by atoms with Crippen molar-refractivity contribution in [3.05, 3.63) is 117 Å². The van der Waals surface area contributed by atoms with E-state index in [2.05, 4.69) is 20.1 Å². The van der Waals surface area contributed by atoms with Gasteiger partial charge in [0.25, 0.3) is 0 Å². The molecule has 0 saturated carbocycles. The minimum absolute atomic E-state index is 0.00927. The molecule has 57 heavy (non-hydrogen) atoms. The largest absolute Gasteiger partial charge is 0.448 e. The van der Waals surface area contributed by atoms with Gasteiger partial charge in [-0.15, -0.1) is 0 Å². The number of aliphatic hydroxyl groups is 1. The number of halogens is 5. The van der Waals surface area contributed by atoms with Gasteiger partial charge in [0.15, 0.2) is 17.8 Å². The topological polar surface area (TPSA) is 143 Å². The van der Waals surface area contributed by atoms with E-state index in [-0.39, 0.29) is 60.3 Å². The van der Waals surface area contributed by atoms with E-state index in [0.29, 0.717) is 5.56 Å². The molecule has 4 aromatic rings. The van der Waals surface area contributed by atoms with E-state index in [9.17, 15) is 28.7 Å². The normalized spacial score (nSPS) is 18.9. The van der Waals surface area contributed by atoms with Crippen LogP contribution in [0.1, 0.15) is 36.0 Å². The summed E-state index contributed by atoms with van der Waals surface area (Å²) in [5.41, 5.74) is 4.42. The number of ether oxygens (including phenoxy) is 2. The smallest absolute Gasteiger partial charge is 0.410 e. The van der Waals surface area contributed by atoms with Crippen LogP contribution in [0, 0.1) is 17.3 Å². The van der Waals surface area contributed by atoms with E-state index in [0.717, 1.165) is 28.3 Å². The molecule has 3 atom stereocenters. The summed E-state index contributed by atoms with van der Waals surface area (Å²) in [6.07, 6.45) is -0.114. The molecule has 17 heteroatoms. The fourth-order valence-corrected chi connectivity index (χ4v) is 7.81. The maximum absolute atomic E-state index is 15.2. The van der Waals surface area contributed by atoms with Crippen molar-refractivity contribution in [2.24, 2.45) is 10.1 Å². The molecule has 3 aliphatic rings. The van der Waals surface area contributed by atoms with E-state index < -0.39 is 54.1 Å². The molecular weight excluding hydrogens is 786 g/mol. The third kappa shape index (κ3) is 7.93. The number of hydrazone groups is 1. The lowest BCUT2D eigenvalue weighted by atomic mass is 9.98. The van der Waals surface area contributed by atoms with Crippen molar-refractivity contribution in [1.82, 2.24) is 20.1 Å². The average molecular weight is 821 g/mol. The molecule has 0 radical (unpaired) electrons. The lowest BCUT2D eigenvalue weighted by Gasteiger charge is -2.33. The second kappa shape index (κ2) is 16.7. The molecule has 1 saturated heterocycles. The molecule has 2 heterocycles. The fourth-order valence-electron chi connectivity index (χ4n) is 7.51. The predicted octanol–water partition coefficient (Wildman–Crippen LogP) is 7.11. The molecule has 1 aliphatic carbocycles. The minimum atomic E-state index is -3.30. The Morgan fingerprint density at radius 2 is 1.74 bits per heavy atom. The molecule has 1 unspecified atom stereocenters. The summed E-state index contributed by atoms with van der Waals surface area (Å²) >= 11 is 12.6.